The zero-order valence-electron chi connectivity index (χ0n) is 20.6. The molecule has 0 saturated carbocycles. The summed E-state index contributed by atoms with van der Waals surface area (Å²) in [5, 5.41) is 13.5. The number of nitrogens with one attached hydrogen (secondary N) is 1. The molecule has 4 atom stereocenters. The molecule has 9 heteroatoms. The van der Waals surface area contributed by atoms with E-state index >= 15 is 0 Å². The topological polar surface area (TPSA) is 94.6 Å². The molecule has 9 nitrogen and oxygen atoms in total. The average molecular weight is 487 g/mol. The summed E-state index contributed by atoms with van der Waals surface area (Å²) in [6.07, 6.45) is 3.08. The van der Waals surface area contributed by atoms with E-state index < -0.39 is 18.2 Å². The number of carbonyl (C=O) groups excluding carboxylic acids is 2. The fourth-order valence-corrected chi connectivity index (χ4v) is 5.85. The van der Waals surface area contributed by atoms with E-state index in [0.717, 1.165) is 38.9 Å². The lowest BCUT2D eigenvalue weighted by molar-refractivity contribution is -0.135. The molecule has 5 rings (SSSR count). The maximum atomic E-state index is 13.7. The molecule has 0 spiro atoms. The normalized spacial score (nSPS) is 32.1. The van der Waals surface area contributed by atoms with E-state index in [0.29, 0.717) is 49.9 Å². The van der Waals surface area contributed by atoms with Crippen molar-refractivity contribution < 1.29 is 24.2 Å². The summed E-state index contributed by atoms with van der Waals surface area (Å²) in [5.41, 5.74) is 0.493. The van der Waals surface area contributed by atoms with Gasteiger partial charge < -0.3 is 29.7 Å². The summed E-state index contributed by atoms with van der Waals surface area (Å²) >= 11 is 0. The number of piperazine rings is 1. The quantitative estimate of drug-likeness (QED) is 0.604. The summed E-state index contributed by atoms with van der Waals surface area (Å²) in [5.74, 6) is 0.181. The molecule has 35 heavy (non-hydrogen) atoms. The Kier molecular flexibility index (Phi) is 7.57. The molecular formula is C26H38N4O5. The van der Waals surface area contributed by atoms with E-state index in [1.165, 1.54) is 0 Å². The third kappa shape index (κ3) is 5.48. The highest BCUT2D eigenvalue weighted by molar-refractivity contribution is 6.00. The number of aliphatic hydroxyl groups is 1. The summed E-state index contributed by atoms with van der Waals surface area (Å²) in [6.45, 7) is 4.50. The van der Waals surface area contributed by atoms with Gasteiger partial charge >= 0.3 is 0 Å². The number of hydrogen-bond acceptors (Lipinski definition) is 7. The van der Waals surface area contributed by atoms with Gasteiger partial charge in [0.05, 0.1) is 24.4 Å². The smallest absolute Gasteiger partial charge is 0.258 e. The van der Waals surface area contributed by atoms with Gasteiger partial charge in [0.25, 0.3) is 5.91 Å². The highest BCUT2D eigenvalue weighted by Crippen LogP contribution is 2.27. The van der Waals surface area contributed by atoms with Gasteiger partial charge in [0.15, 0.2) is 0 Å². The van der Waals surface area contributed by atoms with Gasteiger partial charge in [-0.05, 0) is 58.0 Å². The minimum Gasteiger partial charge on any atom is -0.493 e. The van der Waals surface area contributed by atoms with Crippen LogP contribution in [0, 0.1) is 0 Å². The van der Waals surface area contributed by atoms with Crippen LogP contribution in [0.1, 0.15) is 42.5 Å². The van der Waals surface area contributed by atoms with Gasteiger partial charge in [-0.1, -0.05) is 12.1 Å². The van der Waals surface area contributed by atoms with Gasteiger partial charge in [-0.2, -0.15) is 0 Å². The van der Waals surface area contributed by atoms with Gasteiger partial charge in [-0.25, -0.2) is 0 Å². The first kappa shape index (κ1) is 24.5. The minimum absolute atomic E-state index is 0.0443. The Morgan fingerprint density at radius 2 is 1.80 bits per heavy atom. The number of benzene rings is 1. The number of carbonyl (C=O) groups is 2. The van der Waals surface area contributed by atoms with Crippen LogP contribution < -0.4 is 10.1 Å². The van der Waals surface area contributed by atoms with Crippen LogP contribution in [0.2, 0.25) is 0 Å². The molecule has 1 aromatic carbocycles. The second-order valence-electron chi connectivity index (χ2n) is 10.4. The monoisotopic (exact) mass is 486 g/mol. The molecule has 0 aliphatic carbocycles. The SMILES string of the molecule is CN1CCC(N2CCN3C(=O)c4ccccc4OCC[C@@H]4CC[C@H](O)[C@@H](CNC(=O)[C@@H]3C2)O4)CC1. The van der Waals surface area contributed by atoms with Crippen LogP contribution in [0.25, 0.3) is 0 Å². The van der Waals surface area contributed by atoms with Crippen molar-refractivity contribution in [3.63, 3.8) is 0 Å². The molecule has 1 aromatic rings. The van der Waals surface area contributed by atoms with Crippen LogP contribution in [0.5, 0.6) is 5.75 Å². The highest BCUT2D eigenvalue weighted by atomic mass is 16.5. The van der Waals surface area contributed by atoms with Crippen molar-refractivity contribution in [2.45, 2.75) is 62.5 Å². The number of ether oxygens (including phenoxy) is 2. The van der Waals surface area contributed by atoms with Gasteiger partial charge in [-0.15, -0.1) is 0 Å². The van der Waals surface area contributed by atoms with Gasteiger partial charge in [0, 0.05) is 38.6 Å². The molecule has 0 radical (unpaired) electrons. The predicted octanol–water partition coefficient (Wildman–Crippen LogP) is 0.714. The van der Waals surface area contributed by atoms with Gasteiger partial charge in [0.2, 0.25) is 5.91 Å². The van der Waals surface area contributed by atoms with Crippen molar-refractivity contribution in [3.8, 4) is 5.75 Å². The van der Waals surface area contributed by atoms with Crippen LogP contribution >= 0.6 is 0 Å². The number of nitrogens with zero attached hydrogens (tertiary/aromatic N) is 3. The molecule has 4 aliphatic heterocycles. The molecule has 192 valence electrons. The molecule has 3 fully saturated rings. The van der Waals surface area contributed by atoms with Gasteiger partial charge in [-0.3, -0.25) is 14.5 Å². The fourth-order valence-electron chi connectivity index (χ4n) is 5.85. The van der Waals surface area contributed by atoms with E-state index in [2.05, 4.69) is 22.2 Å². The first-order chi connectivity index (χ1) is 17.0. The molecular weight excluding hydrogens is 448 g/mol. The Labute approximate surface area is 207 Å². The first-order valence-corrected chi connectivity index (χ1v) is 13.1. The Morgan fingerprint density at radius 3 is 2.63 bits per heavy atom. The molecule has 2 N–H and O–H groups in total. The highest BCUT2D eigenvalue weighted by Gasteiger charge is 2.40. The lowest BCUT2D eigenvalue weighted by atomic mass is 9.98. The molecule has 4 heterocycles. The Balaban J connectivity index is 1.40. The number of amides is 2. The maximum Gasteiger partial charge on any atom is 0.258 e. The molecule has 0 unspecified atom stereocenters. The fraction of sp³-hybridized carbons (Fsp3) is 0.692. The number of fused-ring (bicyclic) bond motifs is 4. The van der Waals surface area contributed by atoms with Crippen LogP contribution in [-0.2, 0) is 9.53 Å². The van der Waals surface area contributed by atoms with Crippen molar-refractivity contribution in [2.24, 2.45) is 0 Å². The Morgan fingerprint density at radius 1 is 1.00 bits per heavy atom. The van der Waals surface area contributed by atoms with Crippen LogP contribution in [0.3, 0.4) is 0 Å². The zero-order chi connectivity index (χ0) is 24.4. The van der Waals surface area contributed by atoms with E-state index in [1.807, 2.05) is 18.2 Å². The number of hydrogen-bond donors (Lipinski definition) is 2. The van der Waals surface area contributed by atoms with E-state index in [-0.39, 0.29) is 24.5 Å². The Hall–Kier alpha value is -2.20. The molecule has 4 aliphatic rings. The lowest BCUT2D eigenvalue weighted by Crippen LogP contribution is -2.63. The van der Waals surface area contributed by atoms with Crippen molar-refractivity contribution >= 4 is 11.8 Å². The average Bonchev–Trinajstić information content (AvgIpc) is 2.88. The standard InChI is InChI=1S/C26H38N4O5/c1-28-11-8-18(9-12-28)29-13-14-30-21(17-29)25(32)27-16-24-22(31)7-6-19(35-24)10-15-34-23-5-3-2-4-20(23)26(30)33/h2-5,18-19,21-22,24,31H,6-17H2,1H3,(H,27,32)/t19-,21-,22-,24+/m0/s1. The first-order valence-electron chi connectivity index (χ1n) is 13.1. The molecule has 2 bridgehead atoms. The number of aliphatic hydroxyl groups excluding tert-OH is 1. The predicted molar refractivity (Wildman–Crippen MR) is 130 cm³/mol. The van der Waals surface area contributed by atoms with Crippen LogP contribution in [0.15, 0.2) is 24.3 Å². The summed E-state index contributed by atoms with van der Waals surface area (Å²) < 4.78 is 12.2. The lowest BCUT2D eigenvalue weighted by Gasteiger charge is -2.45. The summed E-state index contributed by atoms with van der Waals surface area (Å²) in [7, 11) is 2.14. The van der Waals surface area contributed by atoms with Gasteiger partial charge in [0.1, 0.15) is 17.9 Å². The molecule has 3 saturated heterocycles. The van der Waals surface area contributed by atoms with Crippen molar-refractivity contribution in [3.05, 3.63) is 29.8 Å². The van der Waals surface area contributed by atoms with Crippen LogP contribution in [0.4, 0.5) is 0 Å². The third-order valence-electron chi connectivity index (χ3n) is 8.05. The Bertz CT molecular complexity index is 905. The zero-order valence-corrected chi connectivity index (χ0v) is 20.6. The molecule has 2 amide bonds. The number of rotatable bonds is 1. The van der Waals surface area contributed by atoms with E-state index in [4.69, 9.17) is 9.47 Å². The van der Waals surface area contributed by atoms with Crippen LogP contribution in [-0.4, -0.2) is 115 Å². The molecule has 0 aromatic heterocycles. The number of likely N-dealkylation sites (tertiary alicyclic amines) is 1. The number of para-hydroxylation sites is 1. The second kappa shape index (κ2) is 10.8. The summed E-state index contributed by atoms with van der Waals surface area (Å²) in [4.78, 5) is 33.7. The number of piperidine rings is 1. The van der Waals surface area contributed by atoms with E-state index in [1.54, 1.807) is 11.0 Å². The second-order valence-corrected chi connectivity index (χ2v) is 10.4. The minimum atomic E-state index is -0.610. The van der Waals surface area contributed by atoms with E-state index in [9.17, 15) is 14.7 Å². The van der Waals surface area contributed by atoms with Crippen molar-refractivity contribution in [1.29, 1.82) is 0 Å². The maximum absolute atomic E-state index is 13.7. The third-order valence-corrected chi connectivity index (χ3v) is 8.05. The largest absolute Gasteiger partial charge is 0.493 e. The van der Waals surface area contributed by atoms with Crippen molar-refractivity contribution in [1.82, 2.24) is 20.0 Å². The summed E-state index contributed by atoms with van der Waals surface area (Å²) in [6, 6.07) is 7.11. The van der Waals surface area contributed by atoms with Crippen molar-refractivity contribution in [2.75, 3.05) is 52.9 Å².